The van der Waals surface area contributed by atoms with E-state index in [-0.39, 0.29) is 25.9 Å². The summed E-state index contributed by atoms with van der Waals surface area (Å²) in [6, 6.07) is 0. The number of unbranched alkanes of at least 4 members (excludes halogenated alkanes) is 24. The third-order valence-corrected chi connectivity index (χ3v) is 14.8. The SMILES string of the molecule is CC/C=C\C/C=C\C/C=C\C/C=C\C/C=C\CCCCCC(=O)OCC(COP(=O)(O)OCC(CO)OC(=O)CCCCCCCCCCC/C=C\CCCCCCCC)OC(=O)CCCCCCCC/C=C\C/C=C\C/C=C\C/C=C\CC. The second-order valence-electron chi connectivity index (χ2n) is 21.9. The first-order valence-electron chi connectivity index (χ1n) is 33.4. The number of aliphatic hydroxyl groups is 1. The molecule has 3 atom stereocenters. The van der Waals surface area contributed by atoms with E-state index in [1.165, 1.54) is 83.5 Å². The number of rotatable bonds is 61. The van der Waals surface area contributed by atoms with E-state index in [2.05, 4.69) is 142 Å². The van der Waals surface area contributed by atoms with Gasteiger partial charge in [-0.25, -0.2) is 4.57 Å². The minimum absolute atomic E-state index is 0.138. The van der Waals surface area contributed by atoms with E-state index in [1.807, 2.05) is 0 Å². The summed E-state index contributed by atoms with van der Waals surface area (Å²) < 4.78 is 39.7. The van der Waals surface area contributed by atoms with Gasteiger partial charge < -0.3 is 24.2 Å². The zero-order valence-electron chi connectivity index (χ0n) is 53.3. The van der Waals surface area contributed by atoms with Crippen LogP contribution in [0.15, 0.2) is 122 Å². The Kier molecular flexibility index (Phi) is 61.7. The first-order chi connectivity index (χ1) is 41.2. The smallest absolute Gasteiger partial charge is 0.462 e. The minimum atomic E-state index is -4.78. The lowest BCUT2D eigenvalue weighted by molar-refractivity contribution is -0.161. The van der Waals surface area contributed by atoms with Gasteiger partial charge in [-0.15, -0.1) is 0 Å². The Balaban J connectivity index is 4.77. The largest absolute Gasteiger partial charge is 0.472 e. The van der Waals surface area contributed by atoms with Crippen LogP contribution in [0, 0.1) is 0 Å². The number of carbonyl (C=O) groups is 3. The van der Waals surface area contributed by atoms with E-state index in [0.29, 0.717) is 19.3 Å². The normalized spacial score (nSPS) is 14.0. The van der Waals surface area contributed by atoms with Crippen molar-refractivity contribution in [2.45, 2.75) is 290 Å². The number of hydrogen-bond donors (Lipinski definition) is 2. The third-order valence-electron chi connectivity index (χ3n) is 13.8. The Hall–Kier alpha value is -4.12. The monoisotopic (exact) mass is 1190 g/mol. The van der Waals surface area contributed by atoms with Gasteiger partial charge in [0.1, 0.15) is 12.7 Å². The molecule has 0 aliphatic heterocycles. The van der Waals surface area contributed by atoms with Gasteiger partial charge in [0.2, 0.25) is 0 Å². The predicted octanol–water partition coefficient (Wildman–Crippen LogP) is 20.7. The van der Waals surface area contributed by atoms with Crippen LogP contribution < -0.4 is 0 Å². The van der Waals surface area contributed by atoms with Crippen LogP contribution in [0.2, 0.25) is 0 Å². The lowest BCUT2D eigenvalue weighted by Gasteiger charge is -2.21. The van der Waals surface area contributed by atoms with Gasteiger partial charge >= 0.3 is 25.7 Å². The van der Waals surface area contributed by atoms with Gasteiger partial charge in [0.25, 0.3) is 0 Å². The van der Waals surface area contributed by atoms with Crippen LogP contribution in [0.25, 0.3) is 0 Å². The standard InChI is InChI=1S/C72H121O11P/c1-4-7-10-13-16-19-22-25-28-31-34-37-40-43-46-49-52-55-58-61-70(74)79-65-69(83-72(76)63-60-57-54-51-48-45-42-39-36-33-30-27-24-21-18-15-12-9-6-3)67-81-84(77,78)80-66-68(64-73)82-71(75)62-59-56-53-50-47-44-41-38-35-32-29-26-23-20-17-14-11-8-5-2/h7,9-10,12,16,18-19,21,25-30,34,36-37,39,43,46,68-69,73H,4-6,8,11,13-15,17,20,22-24,31-33,35,38,40-42,44-45,47-67H2,1-3H3,(H,77,78)/b10-7-,12-9-,19-16-,21-18-,28-25-,29-26-,30-27-,37-34-,39-36-,46-43-. The molecule has 0 spiro atoms. The van der Waals surface area contributed by atoms with Crippen molar-refractivity contribution >= 4 is 25.7 Å². The number of carbonyl (C=O) groups excluding carboxylic acids is 3. The molecule has 0 amide bonds. The molecule has 3 unspecified atom stereocenters. The van der Waals surface area contributed by atoms with Crippen LogP contribution >= 0.6 is 7.82 Å². The number of esters is 3. The van der Waals surface area contributed by atoms with Crippen molar-refractivity contribution in [2.75, 3.05) is 26.4 Å². The number of phosphoric ester groups is 1. The maximum Gasteiger partial charge on any atom is 0.472 e. The molecule has 0 aromatic carbocycles. The Morgan fingerprint density at radius 3 is 0.976 bits per heavy atom. The minimum Gasteiger partial charge on any atom is -0.462 e. The molecule has 0 bridgehead atoms. The summed E-state index contributed by atoms with van der Waals surface area (Å²) >= 11 is 0. The van der Waals surface area contributed by atoms with Crippen molar-refractivity contribution < 1.29 is 52.2 Å². The van der Waals surface area contributed by atoms with Crippen molar-refractivity contribution in [3.63, 3.8) is 0 Å². The summed E-state index contributed by atoms with van der Waals surface area (Å²) in [6.45, 7) is 4.39. The van der Waals surface area contributed by atoms with Gasteiger partial charge in [0.15, 0.2) is 6.10 Å². The average molecular weight is 1190 g/mol. The van der Waals surface area contributed by atoms with E-state index >= 15 is 0 Å². The molecule has 2 N–H and O–H groups in total. The molecule has 0 radical (unpaired) electrons. The highest BCUT2D eigenvalue weighted by molar-refractivity contribution is 7.47. The predicted molar refractivity (Wildman–Crippen MR) is 353 cm³/mol. The lowest BCUT2D eigenvalue weighted by atomic mass is 10.1. The molecule has 480 valence electrons. The van der Waals surface area contributed by atoms with E-state index in [0.717, 1.165) is 135 Å². The van der Waals surface area contributed by atoms with E-state index in [1.54, 1.807) is 0 Å². The molecule has 0 fully saturated rings. The molecule has 0 saturated carbocycles. The number of hydrogen-bond acceptors (Lipinski definition) is 10. The fourth-order valence-electron chi connectivity index (χ4n) is 8.84. The quantitative estimate of drug-likeness (QED) is 0.0197. The number of allylic oxidation sites excluding steroid dienone is 20. The Morgan fingerprint density at radius 1 is 0.345 bits per heavy atom. The highest BCUT2D eigenvalue weighted by Crippen LogP contribution is 2.43. The summed E-state index contributed by atoms with van der Waals surface area (Å²) in [5, 5.41) is 9.88. The maximum atomic E-state index is 13.0. The first kappa shape index (κ1) is 79.9. The molecule has 0 saturated heterocycles. The lowest BCUT2D eigenvalue weighted by Crippen LogP contribution is -2.30. The fraction of sp³-hybridized carbons (Fsp3) is 0.681. The van der Waals surface area contributed by atoms with Crippen molar-refractivity contribution in [1.29, 1.82) is 0 Å². The van der Waals surface area contributed by atoms with Crippen molar-refractivity contribution in [3.8, 4) is 0 Å². The highest BCUT2D eigenvalue weighted by atomic mass is 31.2. The third kappa shape index (κ3) is 62.4. The summed E-state index contributed by atoms with van der Waals surface area (Å²) in [4.78, 5) is 48.9. The van der Waals surface area contributed by atoms with Crippen LogP contribution in [-0.2, 0) is 42.2 Å². The summed E-state index contributed by atoms with van der Waals surface area (Å²) in [7, 11) is -4.78. The summed E-state index contributed by atoms with van der Waals surface area (Å²) in [5.41, 5.74) is 0. The van der Waals surface area contributed by atoms with Crippen molar-refractivity contribution in [3.05, 3.63) is 122 Å². The van der Waals surface area contributed by atoms with Crippen LogP contribution in [0.5, 0.6) is 0 Å². The number of ether oxygens (including phenoxy) is 3. The first-order valence-corrected chi connectivity index (χ1v) is 34.9. The fourth-order valence-corrected chi connectivity index (χ4v) is 9.62. The maximum absolute atomic E-state index is 13.0. The zero-order chi connectivity index (χ0) is 61.2. The summed E-state index contributed by atoms with van der Waals surface area (Å²) in [6.07, 6.45) is 81.4. The molecular weight excluding hydrogens is 1070 g/mol. The van der Waals surface area contributed by atoms with Gasteiger partial charge in [-0.1, -0.05) is 251 Å². The Labute approximate surface area is 513 Å². The molecule has 0 aromatic rings. The molecule has 0 aromatic heterocycles. The van der Waals surface area contributed by atoms with Gasteiger partial charge in [-0.2, -0.15) is 0 Å². The molecule has 11 nitrogen and oxygen atoms in total. The molecule has 0 heterocycles. The van der Waals surface area contributed by atoms with E-state index in [9.17, 15) is 28.9 Å². The van der Waals surface area contributed by atoms with E-state index < -0.39 is 57.8 Å². The molecule has 84 heavy (non-hydrogen) atoms. The number of phosphoric acid groups is 1. The van der Waals surface area contributed by atoms with Crippen molar-refractivity contribution in [1.82, 2.24) is 0 Å². The van der Waals surface area contributed by atoms with Gasteiger partial charge in [0.05, 0.1) is 19.8 Å². The highest BCUT2D eigenvalue weighted by Gasteiger charge is 2.28. The van der Waals surface area contributed by atoms with Crippen LogP contribution in [0.3, 0.4) is 0 Å². The van der Waals surface area contributed by atoms with Crippen LogP contribution in [0.1, 0.15) is 278 Å². The zero-order valence-corrected chi connectivity index (χ0v) is 54.2. The Morgan fingerprint density at radius 2 is 0.619 bits per heavy atom. The molecular formula is C72H121O11P. The van der Waals surface area contributed by atoms with Crippen molar-refractivity contribution in [2.24, 2.45) is 0 Å². The van der Waals surface area contributed by atoms with Gasteiger partial charge in [0, 0.05) is 19.3 Å². The van der Waals surface area contributed by atoms with Gasteiger partial charge in [-0.05, 0) is 128 Å². The van der Waals surface area contributed by atoms with Crippen LogP contribution in [-0.4, -0.2) is 66.5 Å². The summed E-state index contributed by atoms with van der Waals surface area (Å²) in [5.74, 6) is -1.52. The number of aliphatic hydroxyl groups excluding tert-OH is 1. The average Bonchev–Trinajstić information content (AvgIpc) is 3.55. The molecule has 0 rings (SSSR count). The Bertz CT molecular complexity index is 1870. The second-order valence-corrected chi connectivity index (χ2v) is 23.3. The molecule has 0 aliphatic rings. The second kappa shape index (κ2) is 64.9. The van der Waals surface area contributed by atoms with E-state index in [4.69, 9.17) is 23.3 Å². The topological polar surface area (TPSA) is 155 Å². The van der Waals surface area contributed by atoms with Gasteiger partial charge in [-0.3, -0.25) is 23.4 Å². The van der Waals surface area contributed by atoms with Crippen LogP contribution in [0.4, 0.5) is 0 Å². The molecule has 12 heteroatoms. The molecule has 0 aliphatic carbocycles.